The number of aromatic nitrogens is 4. The van der Waals surface area contributed by atoms with E-state index in [-0.39, 0.29) is 0 Å². The maximum atomic E-state index is 6.27. The summed E-state index contributed by atoms with van der Waals surface area (Å²) in [6.45, 7) is 0. The van der Waals surface area contributed by atoms with Crippen molar-refractivity contribution in [3.8, 4) is 17.1 Å². The van der Waals surface area contributed by atoms with Crippen molar-refractivity contribution in [1.82, 2.24) is 19.7 Å². The van der Waals surface area contributed by atoms with Gasteiger partial charge < -0.3 is 0 Å². The van der Waals surface area contributed by atoms with Crippen LogP contribution in [0.25, 0.3) is 17.1 Å². The van der Waals surface area contributed by atoms with Gasteiger partial charge in [0.1, 0.15) is 0 Å². The molecule has 0 N–H and O–H groups in total. The summed E-state index contributed by atoms with van der Waals surface area (Å²) in [7, 11) is 0. The summed E-state index contributed by atoms with van der Waals surface area (Å²) in [5.74, 6) is 1.68. The van der Waals surface area contributed by atoms with Crippen molar-refractivity contribution in [2.45, 2.75) is 18.0 Å². The van der Waals surface area contributed by atoms with Gasteiger partial charge in [-0.3, -0.25) is 9.55 Å². The van der Waals surface area contributed by atoms with Crippen LogP contribution in [0, 0.1) is 0 Å². The monoisotopic (exact) mass is 440 g/mol. The minimum atomic E-state index is 0.499. The molecule has 4 aromatic rings. The van der Waals surface area contributed by atoms with Gasteiger partial charge in [-0.15, -0.1) is 10.2 Å². The lowest BCUT2D eigenvalue weighted by Crippen LogP contribution is -2.00. The molecule has 0 radical (unpaired) electrons. The number of halogens is 2. The number of hydrogen-bond acceptors (Lipinski definition) is 4. The highest BCUT2D eigenvalue weighted by Gasteiger charge is 2.17. The minimum Gasteiger partial charge on any atom is -0.270 e. The number of hydrogen-bond donors (Lipinski definition) is 0. The molecule has 0 atom stereocenters. The summed E-state index contributed by atoms with van der Waals surface area (Å²) < 4.78 is 2.02. The molecule has 2 aromatic heterocycles. The van der Waals surface area contributed by atoms with Gasteiger partial charge in [0.25, 0.3) is 0 Å². The van der Waals surface area contributed by atoms with E-state index in [0.717, 1.165) is 40.8 Å². The number of pyridine rings is 1. The molecule has 0 saturated carbocycles. The van der Waals surface area contributed by atoms with Crippen molar-refractivity contribution in [3.63, 3.8) is 0 Å². The molecular weight excluding hydrogens is 423 g/mol. The second kappa shape index (κ2) is 9.44. The average molecular weight is 441 g/mol. The van der Waals surface area contributed by atoms with Crippen molar-refractivity contribution < 1.29 is 0 Å². The Morgan fingerprint density at radius 3 is 2.41 bits per heavy atom. The summed E-state index contributed by atoms with van der Waals surface area (Å²) in [5, 5.41) is 10.7. The summed E-state index contributed by atoms with van der Waals surface area (Å²) in [4.78, 5) is 4.09. The molecule has 7 heteroatoms. The molecule has 0 aliphatic rings. The SMILES string of the molecule is Clc1ccc(-n2c(SCCCc3ccccc3)nnc2-c2ccncc2)cc1Cl. The molecule has 0 aliphatic heterocycles. The maximum absolute atomic E-state index is 6.27. The third-order valence-corrected chi connectivity index (χ3v) is 6.17. The first-order valence-electron chi connectivity index (χ1n) is 9.20. The van der Waals surface area contributed by atoms with Crippen LogP contribution in [0.5, 0.6) is 0 Å². The molecule has 0 aliphatic carbocycles. The number of benzene rings is 2. The van der Waals surface area contributed by atoms with Crippen molar-refractivity contribution in [2.75, 3.05) is 5.75 Å². The van der Waals surface area contributed by atoms with Gasteiger partial charge in [-0.1, -0.05) is 65.3 Å². The number of nitrogens with zero attached hydrogens (tertiary/aromatic N) is 4. The van der Waals surface area contributed by atoms with E-state index in [1.807, 2.05) is 34.9 Å². The first-order chi connectivity index (χ1) is 14.2. The molecule has 0 spiro atoms. The molecule has 4 nitrogen and oxygen atoms in total. The van der Waals surface area contributed by atoms with Gasteiger partial charge in [-0.25, -0.2) is 0 Å². The number of aryl methyl sites for hydroxylation is 1. The Hall–Kier alpha value is -2.34. The topological polar surface area (TPSA) is 43.6 Å². The van der Waals surface area contributed by atoms with E-state index in [0.29, 0.717) is 10.0 Å². The van der Waals surface area contributed by atoms with Gasteiger partial charge in [0.05, 0.1) is 15.7 Å². The molecule has 2 aromatic carbocycles. The van der Waals surface area contributed by atoms with Crippen LogP contribution in [-0.2, 0) is 6.42 Å². The fourth-order valence-electron chi connectivity index (χ4n) is 2.99. The van der Waals surface area contributed by atoms with Crippen LogP contribution in [-0.4, -0.2) is 25.5 Å². The van der Waals surface area contributed by atoms with Crippen LogP contribution in [0.4, 0.5) is 0 Å². The second-order valence-electron chi connectivity index (χ2n) is 6.41. The van der Waals surface area contributed by atoms with E-state index in [9.17, 15) is 0 Å². The Balaban J connectivity index is 1.59. The van der Waals surface area contributed by atoms with E-state index < -0.39 is 0 Å². The van der Waals surface area contributed by atoms with E-state index >= 15 is 0 Å². The smallest absolute Gasteiger partial charge is 0.196 e. The zero-order valence-electron chi connectivity index (χ0n) is 15.5. The van der Waals surface area contributed by atoms with Crippen LogP contribution in [0.2, 0.25) is 10.0 Å². The van der Waals surface area contributed by atoms with Crippen molar-refractivity contribution >= 4 is 35.0 Å². The summed E-state index contributed by atoms with van der Waals surface area (Å²) in [6.07, 6.45) is 5.57. The molecule has 0 unspecified atom stereocenters. The van der Waals surface area contributed by atoms with Gasteiger partial charge in [0, 0.05) is 23.7 Å². The normalized spacial score (nSPS) is 11.0. The fourth-order valence-corrected chi connectivity index (χ4v) is 4.18. The Labute approximate surface area is 183 Å². The van der Waals surface area contributed by atoms with Gasteiger partial charge in [-0.05, 0) is 48.7 Å². The summed E-state index contributed by atoms with van der Waals surface area (Å²) >= 11 is 14.1. The first kappa shape index (κ1) is 20.0. The standard InChI is InChI=1S/C22H18Cl2N4S/c23-19-9-8-18(15-20(19)24)28-21(17-10-12-25-13-11-17)26-27-22(28)29-14-4-7-16-5-2-1-3-6-16/h1-3,5-6,8-13,15H,4,7,14H2. The lowest BCUT2D eigenvalue weighted by atomic mass is 10.1. The maximum Gasteiger partial charge on any atom is 0.196 e. The average Bonchev–Trinajstić information content (AvgIpc) is 3.18. The lowest BCUT2D eigenvalue weighted by Gasteiger charge is -2.11. The highest BCUT2D eigenvalue weighted by molar-refractivity contribution is 7.99. The van der Waals surface area contributed by atoms with E-state index in [1.165, 1.54) is 5.56 Å². The first-order valence-corrected chi connectivity index (χ1v) is 10.9. The molecule has 2 heterocycles. The number of thioether (sulfide) groups is 1. The molecular formula is C22H18Cl2N4S. The van der Waals surface area contributed by atoms with Crippen LogP contribution in [0.15, 0.2) is 78.2 Å². The molecule has 4 rings (SSSR count). The molecule has 0 amide bonds. The van der Waals surface area contributed by atoms with Crippen LogP contribution in [0.3, 0.4) is 0 Å². The fraction of sp³-hybridized carbons (Fsp3) is 0.136. The molecule has 0 fully saturated rings. The Morgan fingerprint density at radius 1 is 0.862 bits per heavy atom. The third-order valence-electron chi connectivity index (χ3n) is 4.42. The third kappa shape index (κ3) is 4.81. The van der Waals surface area contributed by atoms with E-state index in [4.69, 9.17) is 23.2 Å². The minimum absolute atomic E-state index is 0.499. The van der Waals surface area contributed by atoms with Gasteiger partial charge >= 0.3 is 0 Å². The Kier molecular flexibility index (Phi) is 6.49. The van der Waals surface area contributed by atoms with Crippen molar-refractivity contribution in [2.24, 2.45) is 0 Å². The van der Waals surface area contributed by atoms with Crippen molar-refractivity contribution in [3.05, 3.63) is 88.7 Å². The Morgan fingerprint density at radius 2 is 1.66 bits per heavy atom. The molecule has 0 saturated heterocycles. The van der Waals surface area contributed by atoms with Gasteiger partial charge in [-0.2, -0.15) is 0 Å². The zero-order chi connectivity index (χ0) is 20.1. The lowest BCUT2D eigenvalue weighted by molar-refractivity contribution is 0.875. The zero-order valence-corrected chi connectivity index (χ0v) is 17.8. The van der Waals surface area contributed by atoms with Crippen LogP contribution >= 0.6 is 35.0 Å². The summed E-state index contributed by atoms with van der Waals surface area (Å²) in [5.41, 5.74) is 3.16. The Bertz CT molecular complexity index is 1080. The summed E-state index contributed by atoms with van der Waals surface area (Å²) in [6, 6.07) is 19.9. The van der Waals surface area contributed by atoms with Crippen LogP contribution < -0.4 is 0 Å². The largest absolute Gasteiger partial charge is 0.270 e. The molecule has 29 heavy (non-hydrogen) atoms. The molecule has 146 valence electrons. The van der Waals surface area contributed by atoms with E-state index in [1.54, 1.807) is 30.2 Å². The van der Waals surface area contributed by atoms with Gasteiger partial charge in [0.15, 0.2) is 11.0 Å². The predicted molar refractivity (Wildman–Crippen MR) is 120 cm³/mol. The highest BCUT2D eigenvalue weighted by atomic mass is 35.5. The van der Waals surface area contributed by atoms with Crippen LogP contribution in [0.1, 0.15) is 12.0 Å². The van der Waals surface area contributed by atoms with Crippen molar-refractivity contribution in [1.29, 1.82) is 0 Å². The number of rotatable bonds is 7. The quantitative estimate of drug-likeness (QED) is 0.247. The highest BCUT2D eigenvalue weighted by Crippen LogP contribution is 2.31. The predicted octanol–water partition coefficient (Wildman–Crippen LogP) is 6.36. The second-order valence-corrected chi connectivity index (χ2v) is 8.29. The molecule has 0 bridgehead atoms. The van der Waals surface area contributed by atoms with Gasteiger partial charge in [0.2, 0.25) is 0 Å². The van der Waals surface area contributed by atoms with E-state index in [2.05, 4.69) is 39.4 Å².